The van der Waals surface area contributed by atoms with Crippen LogP contribution in [0.25, 0.3) is 10.7 Å². The summed E-state index contributed by atoms with van der Waals surface area (Å²) in [6.07, 6.45) is 8.72. The van der Waals surface area contributed by atoms with Crippen molar-refractivity contribution in [3.8, 4) is 10.7 Å². The number of fused-ring (bicyclic) bond motifs is 1. The Labute approximate surface area is 271 Å². The zero-order chi connectivity index (χ0) is 31.4. The Balaban J connectivity index is 0.871. The van der Waals surface area contributed by atoms with E-state index in [2.05, 4.69) is 25.0 Å². The zero-order valence-electron chi connectivity index (χ0n) is 26.1. The van der Waals surface area contributed by atoms with Crippen molar-refractivity contribution in [2.75, 3.05) is 44.2 Å². The lowest BCUT2D eigenvalue weighted by Gasteiger charge is -2.32. The van der Waals surface area contributed by atoms with Crippen molar-refractivity contribution in [1.82, 2.24) is 39.5 Å². The van der Waals surface area contributed by atoms with Crippen LogP contribution >= 0.6 is 11.3 Å². The normalized spacial score (nSPS) is 21.9. The summed E-state index contributed by atoms with van der Waals surface area (Å²) < 4.78 is 1.70. The van der Waals surface area contributed by atoms with Gasteiger partial charge in [-0.3, -0.25) is 34.0 Å². The molecule has 12 nitrogen and oxygen atoms in total. The molecule has 13 heteroatoms. The highest BCUT2D eigenvalue weighted by Crippen LogP contribution is 2.42. The molecule has 4 aliphatic heterocycles. The van der Waals surface area contributed by atoms with Crippen LogP contribution in [0.5, 0.6) is 0 Å². The summed E-state index contributed by atoms with van der Waals surface area (Å²) in [5.74, 6) is 1.98. The van der Waals surface area contributed by atoms with Gasteiger partial charge in [-0.25, -0.2) is 15.0 Å². The summed E-state index contributed by atoms with van der Waals surface area (Å²) in [4.78, 5) is 57.4. The number of aliphatic imine (C=N–C) groups is 1. The predicted octanol–water partition coefficient (Wildman–Crippen LogP) is 3.22. The van der Waals surface area contributed by atoms with Crippen LogP contribution in [0.1, 0.15) is 59.1 Å². The van der Waals surface area contributed by atoms with Gasteiger partial charge in [-0.15, -0.1) is 11.3 Å². The maximum absolute atomic E-state index is 13.9. The molecule has 2 amide bonds. The molecule has 46 heavy (non-hydrogen) atoms. The number of rotatable bonds is 6. The van der Waals surface area contributed by atoms with Gasteiger partial charge in [0.05, 0.1) is 39.8 Å². The number of thiazole rings is 1. The van der Waals surface area contributed by atoms with E-state index < -0.39 is 5.41 Å². The number of hydrogen-bond donors (Lipinski definition) is 0. The van der Waals surface area contributed by atoms with Gasteiger partial charge >= 0.3 is 0 Å². The van der Waals surface area contributed by atoms with Crippen LogP contribution in [0, 0.1) is 12.3 Å². The Bertz CT molecular complexity index is 1840. The fourth-order valence-electron chi connectivity index (χ4n) is 7.25. The van der Waals surface area contributed by atoms with Crippen LogP contribution < -0.4 is 4.90 Å². The van der Waals surface area contributed by atoms with E-state index in [9.17, 15) is 9.59 Å². The molecule has 0 unspecified atom stereocenters. The molecule has 0 aliphatic carbocycles. The summed E-state index contributed by atoms with van der Waals surface area (Å²) >= 11 is 1.65. The minimum atomic E-state index is -0.462. The first-order valence-electron chi connectivity index (χ1n) is 16.0. The molecule has 0 N–H and O–H groups in total. The highest BCUT2D eigenvalue weighted by molar-refractivity contribution is 7.15. The Hall–Kier alpha value is -4.36. The van der Waals surface area contributed by atoms with Crippen molar-refractivity contribution in [3.05, 3.63) is 70.5 Å². The van der Waals surface area contributed by atoms with Gasteiger partial charge in [0.1, 0.15) is 12.1 Å². The van der Waals surface area contributed by atoms with Crippen LogP contribution in [-0.4, -0.2) is 96.3 Å². The number of likely N-dealkylation sites (tertiary alicyclic amines) is 2. The number of hydrogen-bond acceptors (Lipinski definition) is 10. The number of aryl methyl sites for hydroxylation is 2. The van der Waals surface area contributed by atoms with Crippen LogP contribution in [0.4, 0.5) is 5.82 Å². The molecule has 8 heterocycles. The molecule has 4 aliphatic rings. The standard InChI is InChI=1S/C33H36N10O2S/c1-21-3-4-23(15-34-21)28-29-24(16-35-28)5-6-26(38-29)43-14-10-33(32(43)45)9-13-41(19-33)18-27(44)42-11-7-22(8-12-42)31-36-17-25(46-31)30-37-20-40(2)39-30/h3-6,15,17,20,22H,7-14,16,18-19H2,1-2H3/t33-/m0/s1. The van der Waals surface area contributed by atoms with Crippen LogP contribution in [-0.2, 0) is 23.2 Å². The maximum atomic E-state index is 13.9. The second kappa shape index (κ2) is 11.5. The fraction of sp³-hybridized carbons (Fsp3) is 0.455. The molecule has 1 spiro atoms. The Morgan fingerprint density at radius 2 is 1.87 bits per heavy atom. The van der Waals surface area contributed by atoms with Crippen molar-refractivity contribution in [2.24, 2.45) is 17.5 Å². The first-order valence-corrected chi connectivity index (χ1v) is 16.8. The fourth-order valence-corrected chi connectivity index (χ4v) is 8.27. The largest absolute Gasteiger partial charge is 0.342 e. The minimum Gasteiger partial charge on any atom is -0.342 e. The topological polar surface area (TPSA) is 126 Å². The van der Waals surface area contributed by atoms with Crippen molar-refractivity contribution in [3.63, 3.8) is 0 Å². The first kappa shape index (κ1) is 29.1. The van der Waals surface area contributed by atoms with Crippen LogP contribution in [0.3, 0.4) is 0 Å². The van der Waals surface area contributed by atoms with Gasteiger partial charge in [0.2, 0.25) is 11.8 Å². The molecule has 3 fully saturated rings. The highest BCUT2D eigenvalue weighted by Gasteiger charge is 2.51. The monoisotopic (exact) mass is 636 g/mol. The molecular formula is C33H36N10O2S. The van der Waals surface area contributed by atoms with Crippen molar-refractivity contribution < 1.29 is 9.59 Å². The van der Waals surface area contributed by atoms with E-state index in [1.54, 1.807) is 22.3 Å². The summed E-state index contributed by atoms with van der Waals surface area (Å²) in [7, 11) is 1.86. The third-order valence-corrected chi connectivity index (χ3v) is 11.1. The summed E-state index contributed by atoms with van der Waals surface area (Å²) in [5.41, 5.74) is 4.16. The third kappa shape index (κ3) is 5.20. The van der Waals surface area contributed by atoms with Crippen LogP contribution in [0.15, 0.2) is 48.0 Å². The molecule has 0 saturated carbocycles. The smallest absolute Gasteiger partial charge is 0.236 e. The summed E-state index contributed by atoms with van der Waals surface area (Å²) in [6.45, 7) is 6.34. The van der Waals surface area contributed by atoms with Crippen molar-refractivity contribution in [2.45, 2.75) is 45.1 Å². The van der Waals surface area contributed by atoms with Gasteiger partial charge in [0.25, 0.3) is 0 Å². The van der Waals surface area contributed by atoms with Crippen molar-refractivity contribution in [1.29, 1.82) is 0 Å². The van der Waals surface area contributed by atoms with Gasteiger partial charge in [0.15, 0.2) is 5.82 Å². The number of amides is 2. The molecular weight excluding hydrogens is 600 g/mol. The van der Waals surface area contributed by atoms with Gasteiger partial charge in [0, 0.05) is 68.4 Å². The molecule has 0 radical (unpaired) electrons. The minimum absolute atomic E-state index is 0.118. The van der Waals surface area contributed by atoms with E-state index in [-0.39, 0.29) is 11.8 Å². The van der Waals surface area contributed by atoms with E-state index in [1.165, 1.54) is 0 Å². The number of nitrogens with zero attached hydrogens (tertiary/aromatic N) is 10. The number of pyridine rings is 2. The SMILES string of the molecule is Cc1ccc(C2=NCc3ccc(N4CC[C@]5(CCN(CC(=O)N6CCC(c7ncc(-c8ncn(C)n8)s7)CC6)C5)C4=O)nc32)cn1. The number of carbonyl (C=O) groups excluding carboxylic acids is 2. The quantitative estimate of drug-likeness (QED) is 0.316. The van der Waals surface area contributed by atoms with E-state index in [1.807, 2.05) is 60.4 Å². The summed E-state index contributed by atoms with van der Waals surface area (Å²) in [6, 6.07) is 7.99. The molecule has 0 bridgehead atoms. The molecule has 3 saturated heterocycles. The molecule has 8 rings (SSSR count). The van der Waals surface area contributed by atoms with E-state index >= 15 is 0 Å². The van der Waals surface area contributed by atoms with E-state index in [0.717, 1.165) is 83.4 Å². The third-order valence-electron chi connectivity index (χ3n) is 9.90. The second-order valence-corrected chi connectivity index (χ2v) is 14.0. The number of aromatic nitrogens is 6. The Morgan fingerprint density at radius 3 is 2.65 bits per heavy atom. The zero-order valence-corrected chi connectivity index (χ0v) is 26.9. The maximum Gasteiger partial charge on any atom is 0.236 e. The molecule has 1 atom stereocenters. The lowest BCUT2D eigenvalue weighted by atomic mass is 9.85. The van der Waals surface area contributed by atoms with Crippen molar-refractivity contribution >= 4 is 34.7 Å². The predicted molar refractivity (Wildman–Crippen MR) is 174 cm³/mol. The number of carbonyl (C=O) groups is 2. The highest BCUT2D eigenvalue weighted by atomic mass is 32.1. The Morgan fingerprint density at radius 1 is 1.02 bits per heavy atom. The average molecular weight is 637 g/mol. The van der Waals surface area contributed by atoms with Gasteiger partial charge in [-0.05, 0) is 57.4 Å². The number of anilines is 1. The lowest BCUT2D eigenvalue weighted by molar-refractivity contribution is -0.133. The molecule has 236 valence electrons. The first-order chi connectivity index (χ1) is 22.3. The van der Waals surface area contributed by atoms with Crippen LogP contribution in [0.2, 0.25) is 0 Å². The molecule has 4 aromatic heterocycles. The molecule has 0 aromatic carbocycles. The van der Waals surface area contributed by atoms with E-state index in [0.29, 0.717) is 43.7 Å². The van der Waals surface area contributed by atoms with Gasteiger partial charge < -0.3 is 4.90 Å². The molecule has 4 aromatic rings. The van der Waals surface area contributed by atoms with Gasteiger partial charge in [-0.2, -0.15) is 5.10 Å². The summed E-state index contributed by atoms with van der Waals surface area (Å²) in [5, 5.41) is 5.48. The van der Waals surface area contributed by atoms with E-state index in [4.69, 9.17) is 9.98 Å². The second-order valence-electron chi connectivity index (χ2n) is 12.9. The Kier molecular flexibility index (Phi) is 7.24. The average Bonchev–Trinajstić information content (AvgIpc) is 3.91. The number of piperidine rings is 1. The lowest BCUT2D eigenvalue weighted by Crippen LogP contribution is -2.44. The van der Waals surface area contributed by atoms with Gasteiger partial charge in [-0.1, -0.05) is 6.07 Å².